The first-order valence-corrected chi connectivity index (χ1v) is 6.29. The van der Waals surface area contributed by atoms with Crippen LogP contribution in [0.3, 0.4) is 0 Å². The minimum Gasteiger partial charge on any atom is -0.294 e. The SMILES string of the molecule is CCc1ccc(C(=O)CCc2ccnn2C)cc1. The van der Waals surface area contributed by atoms with Gasteiger partial charge in [0.15, 0.2) is 5.78 Å². The fourth-order valence-corrected chi connectivity index (χ4v) is 1.96. The lowest BCUT2D eigenvalue weighted by molar-refractivity contribution is 0.0982. The zero-order valence-electron chi connectivity index (χ0n) is 10.9. The van der Waals surface area contributed by atoms with Crippen LogP contribution in [0.15, 0.2) is 36.5 Å². The smallest absolute Gasteiger partial charge is 0.163 e. The van der Waals surface area contributed by atoms with Gasteiger partial charge in [-0.2, -0.15) is 5.10 Å². The molecular weight excluding hydrogens is 224 g/mol. The molecule has 0 N–H and O–H groups in total. The molecule has 2 rings (SSSR count). The summed E-state index contributed by atoms with van der Waals surface area (Å²) in [4.78, 5) is 12.0. The number of aryl methyl sites for hydroxylation is 3. The fraction of sp³-hybridized carbons (Fsp3) is 0.333. The molecule has 0 atom stereocenters. The molecule has 0 aliphatic rings. The van der Waals surface area contributed by atoms with Crippen molar-refractivity contribution in [3.8, 4) is 0 Å². The average molecular weight is 242 g/mol. The maximum Gasteiger partial charge on any atom is 0.163 e. The van der Waals surface area contributed by atoms with Gasteiger partial charge in [0.25, 0.3) is 0 Å². The van der Waals surface area contributed by atoms with Crippen molar-refractivity contribution < 1.29 is 4.79 Å². The Bertz CT molecular complexity index is 526. The largest absolute Gasteiger partial charge is 0.294 e. The van der Waals surface area contributed by atoms with E-state index in [2.05, 4.69) is 12.0 Å². The maximum atomic E-state index is 12.0. The van der Waals surface area contributed by atoms with Gasteiger partial charge in [0.1, 0.15) is 0 Å². The van der Waals surface area contributed by atoms with E-state index in [4.69, 9.17) is 0 Å². The molecular formula is C15H18N2O. The number of aromatic nitrogens is 2. The van der Waals surface area contributed by atoms with Crippen molar-refractivity contribution in [2.75, 3.05) is 0 Å². The second-order valence-corrected chi connectivity index (χ2v) is 4.42. The summed E-state index contributed by atoms with van der Waals surface area (Å²) in [5.74, 6) is 0.193. The van der Waals surface area contributed by atoms with Crippen LogP contribution < -0.4 is 0 Å². The number of hydrogen-bond acceptors (Lipinski definition) is 2. The van der Waals surface area contributed by atoms with Crippen LogP contribution in [0.2, 0.25) is 0 Å². The van der Waals surface area contributed by atoms with Crippen LogP contribution in [0, 0.1) is 0 Å². The Kier molecular flexibility index (Phi) is 3.92. The number of carbonyl (C=O) groups is 1. The third-order valence-electron chi connectivity index (χ3n) is 3.21. The van der Waals surface area contributed by atoms with Crippen LogP contribution >= 0.6 is 0 Å². The second-order valence-electron chi connectivity index (χ2n) is 4.42. The molecule has 0 spiro atoms. The highest BCUT2D eigenvalue weighted by Crippen LogP contribution is 2.10. The number of carbonyl (C=O) groups excluding carboxylic acids is 1. The summed E-state index contributed by atoms with van der Waals surface area (Å²) < 4.78 is 1.81. The van der Waals surface area contributed by atoms with E-state index in [1.807, 2.05) is 42.1 Å². The fourth-order valence-electron chi connectivity index (χ4n) is 1.96. The van der Waals surface area contributed by atoms with Crippen LogP contribution in [0.25, 0.3) is 0 Å². The van der Waals surface area contributed by atoms with Gasteiger partial charge in [0, 0.05) is 30.9 Å². The summed E-state index contributed by atoms with van der Waals surface area (Å²) in [6.07, 6.45) is 4.04. The maximum absolute atomic E-state index is 12.0. The van der Waals surface area contributed by atoms with Gasteiger partial charge in [-0.05, 0) is 24.5 Å². The van der Waals surface area contributed by atoms with E-state index in [1.165, 1.54) is 5.56 Å². The normalized spacial score (nSPS) is 10.6. The van der Waals surface area contributed by atoms with Gasteiger partial charge in [-0.25, -0.2) is 0 Å². The number of benzene rings is 1. The monoisotopic (exact) mass is 242 g/mol. The molecule has 1 aromatic heterocycles. The topological polar surface area (TPSA) is 34.9 Å². The van der Waals surface area contributed by atoms with E-state index in [-0.39, 0.29) is 5.78 Å². The van der Waals surface area contributed by atoms with Gasteiger partial charge in [-0.3, -0.25) is 9.48 Å². The van der Waals surface area contributed by atoms with Crippen molar-refractivity contribution in [3.63, 3.8) is 0 Å². The molecule has 0 radical (unpaired) electrons. The van der Waals surface area contributed by atoms with Crippen LogP contribution in [-0.2, 0) is 19.9 Å². The van der Waals surface area contributed by atoms with Crippen molar-refractivity contribution in [2.24, 2.45) is 7.05 Å². The molecule has 0 aliphatic heterocycles. The molecule has 1 heterocycles. The molecule has 0 unspecified atom stereocenters. The van der Waals surface area contributed by atoms with E-state index >= 15 is 0 Å². The highest BCUT2D eigenvalue weighted by Gasteiger charge is 2.07. The highest BCUT2D eigenvalue weighted by molar-refractivity contribution is 5.96. The van der Waals surface area contributed by atoms with E-state index in [1.54, 1.807) is 6.20 Å². The minimum absolute atomic E-state index is 0.193. The molecule has 3 heteroatoms. The lowest BCUT2D eigenvalue weighted by Gasteiger charge is -2.03. The molecule has 0 saturated heterocycles. The summed E-state index contributed by atoms with van der Waals surface area (Å²) in [6, 6.07) is 9.84. The number of nitrogens with zero attached hydrogens (tertiary/aromatic N) is 2. The molecule has 2 aromatic rings. The Morgan fingerprint density at radius 3 is 2.50 bits per heavy atom. The summed E-state index contributed by atoms with van der Waals surface area (Å²) in [7, 11) is 1.90. The van der Waals surface area contributed by atoms with Gasteiger partial charge in [-0.15, -0.1) is 0 Å². The molecule has 0 amide bonds. The summed E-state index contributed by atoms with van der Waals surface area (Å²) in [5, 5.41) is 4.10. The summed E-state index contributed by atoms with van der Waals surface area (Å²) in [5.41, 5.74) is 3.15. The standard InChI is InChI=1S/C15H18N2O/c1-3-12-4-6-13(7-5-12)15(18)9-8-14-10-11-16-17(14)2/h4-7,10-11H,3,8-9H2,1-2H3. The molecule has 3 nitrogen and oxygen atoms in total. The zero-order valence-corrected chi connectivity index (χ0v) is 10.9. The van der Waals surface area contributed by atoms with E-state index in [9.17, 15) is 4.79 Å². The third kappa shape index (κ3) is 2.86. The van der Waals surface area contributed by atoms with E-state index < -0.39 is 0 Å². The van der Waals surface area contributed by atoms with E-state index in [0.29, 0.717) is 6.42 Å². The lowest BCUT2D eigenvalue weighted by atomic mass is 10.0. The zero-order chi connectivity index (χ0) is 13.0. The van der Waals surface area contributed by atoms with Crippen molar-refractivity contribution >= 4 is 5.78 Å². The van der Waals surface area contributed by atoms with Crippen LogP contribution in [0.5, 0.6) is 0 Å². The van der Waals surface area contributed by atoms with Crippen molar-refractivity contribution in [1.29, 1.82) is 0 Å². The van der Waals surface area contributed by atoms with Crippen molar-refractivity contribution in [3.05, 3.63) is 53.3 Å². The highest BCUT2D eigenvalue weighted by atomic mass is 16.1. The van der Waals surface area contributed by atoms with Crippen molar-refractivity contribution in [1.82, 2.24) is 9.78 Å². The van der Waals surface area contributed by atoms with Gasteiger partial charge >= 0.3 is 0 Å². The molecule has 94 valence electrons. The predicted octanol–water partition coefficient (Wildman–Crippen LogP) is 2.80. The van der Waals surface area contributed by atoms with Gasteiger partial charge in [0.05, 0.1) is 0 Å². The Balaban J connectivity index is 1.97. The number of Topliss-reactive ketones (excluding diaryl/α,β-unsaturated/α-hetero) is 1. The first kappa shape index (κ1) is 12.6. The number of ketones is 1. The predicted molar refractivity (Wildman–Crippen MR) is 71.7 cm³/mol. The molecule has 18 heavy (non-hydrogen) atoms. The van der Waals surface area contributed by atoms with Crippen LogP contribution in [0.1, 0.15) is 35.0 Å². The second kappa shape index (κ2) is 5.63. The minimum atomic E-state index is 0.193. The van der Waals surface area contributed by atoms with Crippen molar-refractivity contribution in [2.45, 2.75) is 26.2 Å². The third-order valence-corrected chi connectivity index (χ3v) is 3.21. The Hall–Kier alpha value is -1.90. The van der Waals surface area contributed by atoms with Crippen LogP contribution in [-0.4, -0.2) is 15.6 Å². The Labute approximate surface area is 107 Å². The number of hydrogen-bond donors (Lipinski definition) is 0. The Morgan fingerprint density at radius 2 is 1.94 bits per heavy atom. The molecule has 0 bridgehead atoms. The molecule has 0 aliphatic carbocycles. The molecule has 0 saturated carbocycles. The lowest BCUT2D eigenvalue weighted by Crippen LogP contribution is -2.04. The van der Waals surface area contributed by atoms with Crippen LogP contribution in [0.4, 0.5) is 0 Å². The van der Waals surface area contributed by atoms with Gasteiger partial charge in [-0.1, -0.05) is 31.2 Å². The quantitative estimate of drug-likeness (QED) is 0.756. The number of rotatable bonds is 5. The average Bonchev–Trinajstić information content (AvgIpc) is 2.81. The molecule has 0 fully saturated rings. The summed E-state index contributed by atoms with van der Waals surface area (Å²) in [6.45, 7) is 2.11. The van der Waals surface area contributed by atoms with Gasteiger partial charge < -0.3 is 0 Å². The van der Waals surface area contributed by atoms with E-state index in [0.717, 1.165) is 24.1 Å². The first-order chi connectivity index (χ1) is 8.70. The van der Waals surface area contributed by atoms with Gasteiger partial charge in [0.2, 0.25) is 0 Å². The summed E-state index contributed by atoms with van der Waals surface area (Å²) >= 11 is 0. The first-order valence-electron chi connectivity index (χ1n) is 6.29. The molecule has 1 aromatic carbocycles. The Morgan fingerprint density at radius 1 is 1.22 bits per heavy atom.